The number of fused-ring (bicyclic) bond motifs is 1. The third-order valence-electron chi connectivity index (χ3n) is 7.81. The molecule has 2 aliphatic rings. The second kappa shape index (κ2) is 13.2. The third-order valence-corrected chi connectivity index (χ3v) is 8.92. The summed E-state index contributed by atoms with van der Waals surface area (Å²) < 4.78 is 116. The number of nitrogens with zero attached hydrogens (tertiary/aromatic N) is 3. The van der Waals surface area contributed by atoms with Crippen molar-refractivity contribution in [1.29, 1.82) is 0 Å². The van der Waals surface area contributed by atoms with Crippen molar-refractivity contribution in [2.24, 2.45) is 0 Å². The maximum atomic E-state index is 14.5. The summed E-state index contributed by atoms with van der Waals surface area (Å²) in [6, 6.07) is 3.98. The lowest BCUT2D eigenvalue weighted by molar-refractivity contribution is -0.139. The summed E-state index contributed by atoms with van der Waals surface area (Å²) in [5, 5.41) is 0. The molecule has 1 atom stereocenters. The van der Waals surface area contributed by atoms with Crippen LogP contribution in [-0.2, 0) is 17.5 Å². The van der Waals surface area contributed by atoms with E-state index in [1.807, 2.05) is 0 Å². The van der Waals surface area contributed by atoms with Gasteiger partial charge in [-0.25, -0.2) is 31.6 Å². The van der Waals surface area contributed by atoms with Gasteiger partial charge in [0.05, 0.1) is 30.4 Å². The molecule has 0 radical (unpaired) electrons. The Kier molecular flexibility index (Phi) is 10.2. The van der Waals surface area contributed by atoms with E-state index in [4.69, 9.17) is 14.2 Å². The molecule has 0 bridgehead atoms. The van der Waals surface area contributed by atoms with E-state index in [2.05, 4.69) is 4.98 Å². The van der Waals surface area contributed by atoms with E-state index in [0.29, 0.717) is 4.90 Å². The molecule has 0 amide bonds. The Bertz CT molecular complexity index is 1330. The third kappa shape index (κ3) is 8.20. The number of hydrogen-bond donors (Lipinski definition) is 0. The monoisotopic (exact) mass is 653 g/mol. The van der Waals surface area contributed by atoms with Gasteiger partial charge in [-0.2, -0.15) is 13.2 Å². The molecule has 44 heavy (non-hydrogen) atoms. The van der Waals surface area contributed by atoms with Gasteiger partial charge in [0.25, 0.3) is 0 Å². The van der Waals surface area contributed by atoms with Crippen molar-refractivity contribution in [1.82, 2.24) is 9.29 Å². The van der Waals surface area contributed by atoms with E-state index >= 15 is 0 Å². The number of alkyl halides is 7. The molecule has 0 N–H and O–H groups in total. The highest BCUT2D eigenvalue weighted by Gasteiger charge is 2.42. The molecular weight excluding hydrogens is 619 g/mol. The standard InChI is InChI=1S/C29H34F7N3O4S/c1-27(30,31)10-7-19-15-39(18-8-11-28(32,33)12-9-18)21-13-20(29(34,35)36)22(14-23(21)44-38(19)2)43-16-17-5-6-24(41-3)37-25(17)26(40)42-4/h5-6,13-14,18-19H,7-12,15-16H2,1-4H3/t19-/m1/s1. The topological polar surface area (TPSA) is 64.1 Å². The number of anilines is 1. The van der Waals surface area contributed by atoms with Crippen LogP contribution in [0.2, 0.25) is 0 Å². The fourth-order valence-corrected chi connectivity index (χ4v) is 6.42. The van der Waals surface area contributed by atoms with Crippen molar-refractivity contribution >= 4 is 23.6 Å². The number of methoxy groups -OCH3 is 2. The van der Waals surface area contributed by atoms with Gasteiger partial charge >= 0.3 is 12.1 Å². The maximum Gasteiger partial charge on any atom is 0.420 e. The second-order valence-electron chi connectivity index (χ2n) is 11.1. The minimum atomic E-state index is -4.87. The zero-order valence-electron chi connectivity index (χ0n) is 24.6. The Balaban J connectivity index is 1.74. The van der Waals surface area contributed by atoms with Crippen LogP contribution >= 0.6 is 11.9 Å². The summed E-state index contributed by atoms with van der Waals surface area (Å²) in [5.41, 5.74) is -0.981. The summed E-state index contributed by atoms with van der Waals surface area (Å²) in [5.74, 6) is -7.10. The summed E-state index contributed by atoms with van der Waals surface area (Å²) in [4.78, 5) is 18.3. The summed E-state index contributed by atoms with van der Waals surface area (Å²) >= 11 is 1.08. The fourth-order valence-electron chi connectivity index (χ4n) is 5.36. The Labute approximate surface area is 255 Å². The van der Waals surface area contributed by atoms with Gasteiger partial charge in [0.15, 0.2) is 5.69 Å². The molecule has 0 saturated heterocycles. The number of aromatic nitrogens is 1. The molecule has 2 heterocycles. The van der Waals surface area contributed by atoms with Crippen LogP contribution in [0.5, 0.6) is 11.6 Å². The SMILES string of the molecule is COC(=O)c1nc(OC)ccc1COc1cc2c(cc1C(F)(F)F)N(C1CCC(F)(F)CC1)C[C@@H](CCC(C)(F)F)N(C)S2. The molecule has 244 valence electrons. The van der Waals surface area contributed by atoms with Crippen LogP contribution in [0.3, 0.4) is 0 Å². The van der Waals surface area contributed by atoms with Crippen LogP contribution in [-0.4, -0.2) is 67.0 Å². The number of carbonyl (C=O) groups is 1. The van der Waals surface area contributed by atoms with Crippen molar-refractivity contribution in [3.8, 4) is 11.6 Å². The average molecular weight is 654 g/mol. The minimum absolute atomic E-state index is 0.0383. The predicted molar refractivity (Wildman–Crippen MR) is 150 cm³/mol. The summed E-state index contributed by atoms with van der Waals surface area (Å²) in [6.07, 6.45) is -6.04. The van der Waals surface area contributed by atoms with Crippen molar-refractivity contribution in [3.05, 3.63) is 41.1 Å². The van der Waals surface area contributed by atoms with Crippen molar-refractivity contribution < 1.29 is 49.7 Å². The fraction of sp³-hybridized carbons (Fsp3) is 0.586. The van der Waals surface area contributed by atoms with E-state index in [1.165, 1.54) is 25.3 Å². The normalized spacial score (nSPS) is 19.7. The van der Waals surface area contributed by atoms with E-state index in [0.717, 1.165) is 32.0 Å². The molecule has 7 nitrogen and oxygen atoms in total. The van der Waals surface area contributed by atoms with Crippen LogP contribution in [0.1, 0.15) is 67.1 Å². The maximum absolute atomic E-state index is 14.5. The van der Waals surface area contributed by atoms with Gasteiger partial charge in [0.2, 0.25) is 17.7 Å². The second-order valence-corrected chi connectivity index (χ2v) is 12.3. The molecule has 0 unspecified atom stereocenters. The first-order valence-corrected chi connectivity index (χ1v) is 14.7. The summed E-state index contributed by atoms with van der Waals surface area (Å²) in [7, 11) is 4.12. The lowest BCUT2D eigenvalue weighted by atomic mass is 9.90. The lowest BCUT2D eigenvalue weighted by Crippen LogP contribution is -2.46. The number of halogens is 7. The molecule has 1 aromatic carbocycles. The number of ether oxygens (including phenoxy) is 3. The molecule has 2 aromatic rings. The molecule has 1 saturated carbocycles. The van der Waals surface area contributed by atoms with Gasteiger partial charge in [0, 0.05) is 49.5 Å². The zero-order valence-corrected chi connectivity index (χ0v) is 25.5. The Morgan fingerprint density at radius 2 is 1.80 bits per heavy atom. The van der Waals surface area contributed by atoms with Gasteiger partial charge in [-0.15, -0.1) is 0 Å². The van der Waals surface area contributed by atoms with Gasteiger partial charge in [0.1, 0.15) is 12.4 Å². The van der Waals surface area contributed by atoms with Gasteiger partial charge in [-0.1, -0.05) is 0 Å². The van der Waals surface area contributed by atoms with Crippen molar-refractivity contribution in [2.45, 2.75) is 87.1 Å². The Morgan fingerprint density at radius 3 is 2.39 bits per heavy atom. The molecule has 15 heteroatoms. The number of esters is 1. The van der Waals surface area contributed by atoms with Crippen LogP contribution in [0, 0.1) is 0 Å². The molecule has 1 fully saturated rings. The van der Waals surface area contributed by atoms with E-state index < -0.39 is 73.3 Å². The van der Waals surface area contributed by atoms with E-state index in [1.54, 1.807) is 16.3 Å². The number of likely N-dealkylation sites (N-methyl/N-ethyl adjacent to an activating group) is 1. The first kappa shape index (κ1) is 33.9. The molecular formula is C29H34F7N3O4S. The molecule has 4 rings (SSSR count). The van der Waals surface area contributed by atoms with Crippen molar-refractivity contribution in [3.63, 3.8) is 0 Å². The summed E-state index contributed by atoms with van der Waals surface area (Å²) in [6.45, 7) is 0.412. The lowest BCUT2D eigenvalue weighted by Gasteiger charge is -2.40. The van der Waals surface area contributed by atoms with Crippen LogP contribution in [0.4, 0.5) is 36.4 Å². The Morgan fingerprint density at radius 1 is 1.11 bits per heavy atom. The zero-order chi connectivity index (χ0) is 32.4. The first-order chi connectivity index (χ1) is 20.5. The number of benzene rings is 1. The van der Waals surface area contributed by atoms with Gasteiger partial charge in [-0.3, -0.25) is 0 Å². The average Bonchev–Trinajstić information content (AvgIpc) is 3.08. The highest BCUT2D eigenvalue weighted by Crippen LogP contribution is 2.48. The van der Waals surface area contributed by atoms with Crippen molar-refractivity contribution in [2.75, 3.05) is 32.7 Å². The number of pyridine rings is 1. The molecule has 1 aliphatic heterocycles. The van der Waals surface area contributed by atoms with Crippen LogP contribution in [0.15, 0.2) is 29.2 Å². The number of rotatable bonds is 9. The van der Waals surface area contributed by atoms with Gasteiger partial charge < -0.3 is 19.1 Å². The largest absolute Gasteiger partial charge is 0.488 e. The van der Waals surface area contributed by atoms with E-state index in [9.17, 15) is 35.5 Å². The molecule has 1 aromatic heterocycles. The highest BCUT2D eigenvalue weighted by atomic mass is 32.2. The smallest absolute Gasteiger partial charge is 0.420 e. The highest BCUT2D eigenvalue weighted by molar-refractivity contribution is 7.97. The molecule has 1 aliphatic carbocycles. The molecule has 0 spiro atoms. The van der Waals surface area contributed by atoms with E-state index in [-0.39, 0.29) is 48.6 Å². The predicted octanol–water partition coefficient (Wildman–Crippen LogP) is 7.62. The first-order valence-electron chi connectivity index (χ1n) is 13.9. The van der Waals surface area contributed by atoms with Crippen LogP contribution in [0.25, 0.3) is 0 Å². The Hall–Kier alpha value is -2.94. The minimum Gasteiger partial charge on any atom is -0.488 e. The number of hydrogen-bond acceptors (Lipinski definition) is 8. The van der Waals surface area contributed by atoms with Gasteiger partial charge in [-0.05, 0) is 63.4 Å². The number of carbonyl (C=O) groups excluding carboxylic acids is 1. The van der Waals surface area contributed by atoms with Crippen LogP contribution < -0.4 is 14.4 Å². The quantitative estimate of drug-likeness (QED) is 0.156.